The minimum absolute atomic E-state index is 0.132. The first-order chi connectivity index (χ1) is 10.8. The summed E-state index contributed by atoms with van der Waals surface area (Å²) in [7, 11) is 0. The molecule has 1 heterocycles. The maximum atomic E-state index is 12.6. The highest BCUT2D eigenvalue weighted by atomic mass is 19.4. The molecular formula is C16H20F3NO3. The number of hydrogen-bond donors (Lipinski definition) is 0. The largest absolute Gasteiger partial charge is 0.416 e. The Kier molecular flexibility index (Phi) is 5.64. The molecule has 1 saturated heterocycles. The smallest absolute Gasteiger partial charge is 0.370 e. The Morgan fingerprint density at radius 2 is 2.04 bits per heavy atom. The molecule has 128 valence electrons. The molecule has 2 rings (SSSR count). The normalized spacial score (nSPS) is 20.4. The number of morpholine rings is 1. The molecule has 7 heteroatoms. The van der Waals surface area contributed by atoms with E-state index >= 15 is 0 Å². The SMILES string of the molecule is CCO[C@H](C)C(=O)N1CCO[C@@H](c2ccc(C(F)(F)F)cc2)C1. The Morgan fingerprint density at radius 3 is 2.61 bits per heavy atom. The van der Waals surface area contributed by atoms with E-state index in [1.165, 1.54) is 12.1 Å². The monoisotopic (exact) mass is 331 g/mol. The third kappa shape index (κ3) is 4.45. The number of hydrogen-bond acceptors (Lipinski definition) is 3. The molecule has 1 amide bonds. The predicted molar refractivity (Wildman–Crippen MR) is 77.8 cm³/mol. The second-order valence-corrected chi connectivity index (χ2v) is 5.36. The first-order valence-electron chi connectivity index (χ1n) is 7.52. The van der Waals surface area contributed by atoms with E-state index in [1.807, 2.05) is 6.92 Å². The van der Waals surface area contributed by atoms with Gasteiger partial charge in [0.1, 0.15) is 12.2 Å². The number of ether oxygens (including phenoxy) is 2. The van der Waals surface area contributed by atoms with E-state index < -0.39 is 23.9 Å². The molecule has 0 spiro atoms. The van der Waals surface area contributed by atoms with Crippen LogP contribution in [0.1, 0.15) is 31.1 Å². The third-order valence-corrected chi connectivity index (χ3v) is 3.75. The fourth-order valence-corrected chi connectivity index (χ4v) is 2.52. The van der Waals surface area contributed by atoms with Gasteiger partial charge in [-0.2, -0.15) is 13.2 Å². The quantitative estimate of drug-likeness (QED) is 0.851. The van der Waals surface area contributed by atoms with Gasteiger partial charge in [-0.25, -0.2) is 0 Å². The standard InChI is InChI=1S/C16H20F3NO3/c1-3-22-11(2)15(21)20-8-9-23-14(10-20)12-4-6-13(7-5-12)16(17,18)19/h4-7,11,14H,3,8-10H2,1-2H3/t11-,14-/m1/s1. The Morgan fingerprint density at radius 1 is 1.39 bits per heavy atom. The van der Waals surface area contributed by atoms with Crippen LogP contribution in [0.15, 0.2) is 24.3 Å². The van der Waals surface area contributed by atoms with Gasteiger partial charge in [-0.15, -0.1) is 0 Å². The lowest BCUT2D eigenvalue weighted by Gasteiger charge is -2.34. The number of nitrogens with zero attached hydrogens (tertiary/aromatic N) is 1. The molecule has 1 aliphatic heterocycles. The van der Waals surface area contributed by atoms with Gasteiger partial charge in [0, 0.05) is 13.2 Å². The molecule has 4 nitrogen and oxygen atoms in total. The lowest BCUT2D eigenvalue weighted by Crippen LogP contribution is -2.46. The van der Waals surface area contributed by atoms with Gasteiger partial charge < -0.3 is 14.4 Å². The van der Waals surface area contributed by atoms with E-state index in [4.69, 9.17) is 9.47 Å². The second-order valence-electron chi connectivity index (χ2n) is 5.36. The molecule has 0 aromatic heterocycles. The van der Waals surface area contributed by atoms with Crippen LogP contribution in [0.3, 0.4) is 0 Å². The van der Waals surface area contributed by atoms with Crippen LogP contribution >= 0.6 is 0 Å². The lowest BCUT2D eigenvalue weighted by molar-refractivity contribution is -0.150. The number of carbonyl (C=O) groups is 1. The Balaban J connectivity index is 2.05. The van der Waals surface area contributed by atoms with Gasteiger partial charge in [0.2, 0.25) is 0 Å². The van der Waals surface area contributed by atoms with Crippen LogP contribution in [0.2, 0.25) is 0 Å². The molecule has 0 unspecified atom stereocenters. The maximum absolute atomic E-state index is 12.6. The van der Waals surface area contributed by atoms with Crippen LogP contribution in [0.25, 0.3) is 0 Å². The average Bonchev–Trinajstić information content (AvgIpc) is 2.54. The van der Waals surface area contributed by atoms with Crippen molar-refractivity contribution in [2.24, 2.45) is 0 Å². The molecule has 0 saturated carbocycles. The van der Waals surface area contributed by atoms with Crippen molar-refractivity contribution < 1.29 is 27.4 Å². The van der Waals surface area contributed by atoms with Gasteiger partial charge in [-0.05, 0) is 31.5 Å². The van der Waals surface area contributed by atoms with Crippen LogP contribution in [-0.2, 0) is 20.4 Å². The molecule has 1 fully saturated rings. The molecule has 1 aliphatic rings. The molecule has 0 radical (unpaired) electrons. The highest BCUT2D eigenvalue weighted by Gasteiger charge is 2.32. The van der Waals surface area contributed by atoms with E-state index in [9.17, 15) is 18.0 Å². The molecule has 0 bridgehead atoms. The number of rotatable bonds is 4. The van der Waals surface area contributed by atoms with Crippen LogP contribution in [0.5, 0.6) is 0 Å². The van der Waals surface area contributed by atoms with Crippen molar-refractivity contribution in [3.63, 3.8) is 0 Å². The zero-order valence-electron chi connectivity index (χ0n) is 13.1. The molecule has 23 heavy (non-hydrogen) atoms. The van der Waals surface area contributed by atoms with Crippen molar-refractivity contribution in [1.29, 1.82) is 0 Å². The van der Waals surface area contributed by atoms with Crippen molar-refractivity contribution >= 4 is 5.91 Å². The van der Waals surface area contributed by atoms with Gasteiger partial charge in [-0.1, -0.05) is 12.1 Å². The van der Waals surface area contributed by atoms with E-state index in [-0.39, 0.29) is 5.91 Å². The van der Waals surface area contributed by atoms with Gasteiger partial charge in [0.15, 0.2) is 0 Å². The molecule has 0 aliphatic carbocycles. The lowest BCUT2D eigenvalue weighted by atomic mass is 10.0. The number of amides is 1. The summed E-state index contributed by atoms with van der Waals surface area (Å²) in [5, 5.41) is 0. The van der Waals surface area contributed by atoms with Gasteiger partial charge in [-0.3, -0.25) is 4.79 Å². The molecular weight excluding hydrogens is 311 g/mol. The second kappa shape index (κ2) is 7.31. The summed E-state index contributed by atoms with van der Waals surface area (Å²) in [4.78, 5) is 13.9. The van der Waals surface area contributed by atoms with Crippen LogP contribution in [0.4, 0.5) is 13.2 Å². The van der Waals surface area contributed by atoms with E-state index in [2.05, 4.69) is 0 Å². The Labute approximate surface area is 133 Å². The molecule has 2 atom stereocenters. The van der Waals surface area contributed by atoms with Gasteiger partial charge in [0.25, 0.3) is 5.91 Å². The van der Waals surface area contributed by atoms with Gasteiger partial charge in [0.05, 0.1) is 18.7 Å². The summed E-state index contributed by atoms with van der Waals surface area (Å²) in [6.45, 7) is 5.05. The topological polar surface area (TPSA) is 38.8 Å². The van der Waals surface area contributed by atoms with Crippen molar-refractivity contribution in [2.75, 3.05) is 26.3 Å². The summed E-state index contributed by atoms with van der Waals surface area (Å²) in [5.74, 6) is -0.132. The van der Waals surface area contributed by atoms with E-state index in [0.717, 1.165) is 12.1 Å². The predicted octanol–water partition coefficient (Wildman–Crippen LogP) is 3.03. The summed E-state index contributed by atoms with van der Waals surface area (Å²) >= 11 is 0. The van der Waals surface area contributed by atoms with E-state index in [0.29, 0.717) is 31.9 Å². The first kappa shape index (κ1) is 17.7. The molecule has 1 aromatic rings. The molecule has 1 aromatic carbocycles. The van der Waals surface area contributed by atoms with Crippen LogP contribution in [0, 0.1) is 0 Å². The summed E-state index contributed by atoms with van der Waals surface area (Å²) in [6.07, 6.45) is -5.32. The third-order valence-electron chi connectivity index (χ3n) is 3.75. The number of halogens is 3. The summed E-state index contributed by atoms with van der Waals surface area (Å²) in [6, 6.07) is 4.85. The van der Waals surface area contributed by atoms with Crippen molar-refractivity contribution in [2.45, 2.75) is 32.2 Å². The average molecular weight is 331 g/mol. The summed E-state index contributed by atoms with van der Waals surface area (Å²) in [5.41, 5.74) is -0.0745. The number of benzene rings is 1. The molecule has 0 N–H and O–H groups in total. The zero-order chi connectivity index (χ0) is 17.0. The van der Waals surface area contributed by atoms with Crippen LogP contribution in [-0.4, -0.2) is 43.2 Å². The highest BCUT2D eigenvalue weighted by Crippen LogP contribution is 2.31. The number of carbonyl (C=O) groups excluding carboxylic acids is 1. The summed E-state index contributed by atoms with van der Waals surface area (Å²) < 4.78 is 48.7. The highest BCUT2D eigenvalue weighted by molar-refractivity contribution is 5.80. The minimum Gasteiger partial charge on any atom is -0.370 e. The van der Waals surface area contributed by atoms with Gasteiger partial charge >= 0.3 is 6.18 Å². The maximum Gasteiger partial charge on any atom is 0.416 e. The minimum atomic E-state index is -4.36. The van der Waals surface area contributed by atoms with Crippen molar-refractivity contribution in [3.8, 4) is 0 Å². The Bertz CT molecular complexity index is 530. The fourth-order valence-electron chi connectivity index (χ4n) is 2.52. The first-order valence-corrected chi connectivity index (χ1v) is 7.52. The van der Waals surface area contributed by atoms with Crippen LogP contribution < -0.4 is 0 Å². The zero-order valence-corrected chi connectivity index (χ0v) is 13.1. The Hall–Kier alpha value is -1.60. The number of alkyl halides is 3. The fraction of sp³-hybridized carbons (Fsp3) is 0.562. The van der Waals surface area contributed by atoms with E-state index in [1.54, 1.807) is 11.8 Å². The van der Waals surface area contributed by atoms with Crippen molar-refractivity contribution in [3.05, 3.63) is 35.4 Å². The van der Waals surface area contributed by atoms with Crippen molar-refractivity contribution in [1.82, 2.24) is 4.90 Å².